The van der Waals surface area contributed by atoms with E-state index in [2.05, 4.69) is 41.6 Å². The number of nitrogens with zero attached hydrogens (tertiary/aromatic N) is 2. The van der Waals surface area contributed by atoms with Crippen LogP contribution in [0.25, 0.3) is 0 Å². The van der Waals surface area contributed by atoms with Crippen molar-refractivity contribution in [2.75, 3.05) is 25.0 Å². The lowest BCUT2D eigenvalue weighted by molar-refractivity contribution is -0.138. The Balaban J connectivity index is 1.33. The second-order valence-electron chi connectivity index (χ2n) is 23.0. The molecular formula is C59H86N12O12S. The van der Waals surface area contributed by atoms with Gasteiger partial charge in [0.1, 0.15) is 48.2 Å². The van der Waals surface area contributed by atoms with Gasteiger partial charge in [0, 0.05) is 25.7 Å². The third-order valence-electron chi connectivity index (χ3n) is 14.7. The number of hydrogen-bond acceptors (Lipinski definition) is 14. The van der Waals surface area contributed by atoms with Crippen molar-refractivity contribution in [3.05, 3.63) is 88.0 Å². The zero-order valence-electron chi connectivity index (χ0n) is 50.0. The van der Waals surface area contributed by atoms with Crippen LogP contribution in [-0.2, 0) is 67.8 Å². The molecular weight excluding hydrogens is 1100 g/mol. The molecule has 0 radical (unpaired) electrons. The number of hydrogen-bond donors (Lipinski definition) is 10. The van der Waals surface area contributed by atoms with Gasteiger partial charge in [-0.05, 0) is 156 Å². The van der Waals surface area contributed by atoms with Gasteiger partial charge in [-0.2, -0.15) is 0 Å². The van der Waals surface area contributed by atoms with E-state index in [0.29, 0.717) is 78.8 Å². The summed E-state index contributed by atoms with van der Waals surface area (Å²) >= 11 is 0. The molecule has 5 rings (SSSR count). The highest BCUT2D eigenvalue weighted by Crippen LogP contribution is 2.42. The number of ether oxygens (including phenoxy) is 2. The van der Waals surface area contributed by atoms with Gasteiger partial charge in [0.05, 0.1) is 11.4 Å². The van der Waals surface area contributed by atoms with Crippen LogP contribution in [0.3, 0.4) is 0 Å². The summed E-state index contributed by atoms with van der Waals surface area (Å²) in [5.74, 6) is 1.54. The molecule has 25 heteroatoms. The van der Waals surface area contributed by atoms with Gasteiger partial charge in [0.15, 0.2) is 0 Å². The molecule has 3 aromatic rings. The molecule has 1 fully saturated rings. The number of carbonyl (C=O) groups excluding carboxylic acids is 8. The smallest absolute Gasteiger partial charge is 0.408 e. The summed E-state index contributed by atoms with van der Waals surface area (Å²) in [4.78, 5) is 112. The van der Waals surface area contributed by atoms with Gasteiger partial charge in [-0.25, -0.2) is 23.8 Å². The highest BCUT2D eigenvalue weighted by Gasteiger charge is 2.37. The average molecular weight is 1190 g/mol. The van der Waals surface area contributed by atoms with Crippen molar-refractivity contribution in [3.8, 4) is 5.75 Å². The summed E-state index contributed by atoms with van der Waals surface area (Å²) in [5.41, 5.74) is 12.1. The SMILES string of the molecule is CC(=O)N1CCC[C@H]1C(=O)N[C@@H](CC(C)C)C(=O)NCC(=O)N[C@@H](CCc1ccccc1)C(=O)N[C@@H](CCCN=C(N)NS(=O)(=O)c1c(C)c(C)c2c(c1C)CCC(C)(C)O2)C(=O)Nc1ccc(COC(=O)N[C@H](CC(C)C)C(=O)NN)cc1. The van der Waals surface area contributed by atoms with Crippen molar-refractivity contribution in [1.82, 2.24) is 41.6 Å². The Hall–Kier alpha value is -7.80. The third-order valence-corrected chi connectivity index (χ3v) is 16.4. The first kappa shape index (κ1) is 67.0. The molecule has 0 bridgehead atoms. The van der Waals surface area contributed by atoms with Crippen LogP contribution in [0.15, 0.2) is 64.5 Å². The molecule has 0 aliphatic carbocycles. The molecule has 0 saturated carbocycles. The summed E-state index contributed by atoms with van der Waals surface area (Å²) in [6.45, 7) is 17.7. The molecule has 1 saturated heterocycles. The number of carbonyl (C=O) groups is 8. The van der Waals surface area contributed by atoms with Gasteiger partial charge in [-0.1, -0.05) is 70.2 Å². The minimum Gasteiger partial charge on any atom is -0.487 e. The second-order valence-corrected chi connectivity index (χ2v) is 24.6. The van der Waals surface area contributed by atoms with Crippen LogP contribution < -0.4 is 58.4 Å². The lowest BCUT2D eigenvalue weighted by Gasteiger charge is -2.35. The van der Waals surface area contributed by atoms with Crippen molar-refractivity contribution in [2.24, 2.45) is 28.4 Å². The summed E-state index contributed by atoms with van der Waals surface area (Å²) in [6, 6.07) is 10.3. The molecule has 2 aliphatic rings. The van der Waals surface area contributed by atoms with E-state index in [4.69, 9.17) is 21.1 Å². The Labute approximate surface area is 492 Å². The number of hydrazine groups is 1. The maximum absolute atomic E-state index is 14.5. The van der Waals surface area contributed by atoms with Crippen molar-refractivity contribution < 1.29 is 56.2 Å². The minimum absolute atomic E-state index is 0.0376. The summed E-state index contributed by atoms with van der Waals surface area (Å²) in [7, 11) is -4.24. The van der Waals surface area contributed by atoms with Gasteiger partial charge in [-0.15, -0.1) is 0 Å². The van der Waals surface area contributed by atoms with E-state index in [1.54, 1.807) is 38.1 Å². The van der Waals surface area contributed by atoms with Gasteiger partial charge in [0.25, 0.3) is 15.9 Å². The number of nitrogens with two attached hydrogens (primary N) is 2. The number of anilines is 1. The maximum Gasteiger partial charge on any atom is 0.408 e. The number of amides is 8. The molecule has 0 spiro atoms. The van der Waals surface area contributed by atoms with E-state index in [1.165, 1.54) is 11.8 Å². The molecule has 2 aliphatic heterocycles. The van der Waals surface area contributed by atoms with E-state index >= 15 is 0 Å². The van der Waals surface area contributed by atoms with Crippen LogP contribution in [0.4, 0.5) is 10.5 Å². The molecule has 84 heavy (non-hydrogen) atoms. The quantitative estimate of drug-likeness (QED) is 0.0130. The summed E-state index contributed by atoms with van der Waals surface area (Å²) < 4.78 is 42.0. The van der Waals surface area contributed by atoms with E-state index in [-0.39, 0.29) is 61.5 Å². The standard InChI is InChI=1S/C59H86N12O12S/c1-34(2)30-46(67-56(78)48-19-15-29-71(48)39(8)72)52(74)63-32-49(73)65-45(25-22-40-16-12-11-13-17-40)54(76)66-44(53(75)64-42-23-20-41(21-24-42)33-82-58(79)68-47(31-35(3)4)55(77)69-61)18-14-28-62-57(60)70-84(80,81)51-37(6)36(5)50-43(38(51)7)26-27-59(9,10)83-50/h11-13,16-17,20-21,23-24,34-35,44-48H,14-15,18-19,22,25-33,61H2,1-10H3,(H,63,74)(H,64,75)(H,65,73)(H,66,76)(H,67,78)(H,68,79)(H,69,77)(H3,60,62,70)/t44-,45-,46-,47+,48-/m0/s1. The fourth-order valence-electron chi connectivity index (χ4n) is 10.2. The Morgan fingerprint density at radius 1 is 0.774 bits per heavy atom. The van der Waals surface area contributed by atoms with Crippen molar-refractivity contribution >= 4 is 69.1 Å². The zero-order valence-corrected chi connectivity index (χ0v) is 50.8. The van der Waals surface area contributed by atoms with Gasteiger partial charge in [-0.3, -0.25) is 44.0 Å². The topological polar surface area (TPSA) is 353 Å². The average Bonchev–Trinajstić information content (AvgIpc) is 4.10. The molecule has 2 heterocycles. The van der Waals surface area contributed by atoms with E-state index in [9.17, 15) is 46.8 Å². The Kier molecular flexibility index (Phi) is 24.5. The monoisotopic (exact) mass is 1190 g/mol. The summed E-state index contributed by atoms with van der Waals surface area (Å²) in [5, 5.41) is 16.2. The first-order valence-electron chi connectivity index (χ1n) is 28.6. The predicted octanol–water partition coefficient (Wildman–Crippen LogP) is 3.62. The highest BCUT2D eigenvalue weighted by molar-refractivity contribution is 7.90. The molecule has 460 valence electrons. The number of aliphatic imine (C=N–C) groups is 1. The second kappa shape index (κ2) is 30.7. The van der Waals surface area contributed by atoms with E-state index < -0.39 is 99.9 Å². The summed E-state index contributed by atoms with van der Waals surface area (Å²) in [6.07, 6.45) is 2.55. The molecule has 24 nitrogen and oxygen atoms in total. The number of rotatable bonds is 27. The minimum atomic E-state index is -4.24. The van der Waals surface area contributed by atoms with Crippen LogP contribution >= 0.6 is 0 Å². The van der Waals surface area contributed by atoms with Crippen molar-refractivity contribution in [3.63, 3.8) is 0 Å². The third kappa shape index (κ3) is 19.7. The van der Waals surface area contributed by atoms with Gasteiger partial charge >= 0.3 is 6.09 Å². The Morgan fingerprint density at radius 3 is 2.05 bits per heavy atom. The molecule has 3 aromatic carbocycles. The van der Waals surface area contributed by atoms with Crippen LogP contribution in [0.2, 0.25) is 0 Å². The first-order valence-corrected chi connectivity index (χ1v) is 30.0. The fraction of sp³-hybridized carbons (Fsp3) is 0.542. The number of alkyl carbamates (subject to hydrolysis) is 1. The van der Waals surface area contributed by atoms with Crippen LogP contribution in [0.5, 0.6) is 5.75 Å². The molecule has 5 atom stereocenters. The van der Waals surface area contributed by atoms with E-state index in [0.717, 1.165) is 11.1 Å². The van der Waals surface area contributed by atoms with Crippen LogP contribution in [0.1, 0.15) is 133 Å². The lowest BCUT2D eigenvalue weighted by Crippen LogP contribution is -2.56. The highest BCUT2D eigenvalue weighted by atomic mass is 32.2. The normalized spacial score (nSPS) is 16.2. The lowest BCUT2D eigenvalue weighted by atomic mass is 9.88. The van der Waals surface area contributed by atoms with Gasteiger partial charge in [0.2, 0.25) is 41.4 Å². The largest absolute Gasteiger partial charge is 0.487 e. The number of sulfonamides is 1. The predicted molar refractivity (Wildman–Crippen MR) is 317 cm³/mol. The van der Waals surface area contributed by atoms with E-state index in [1.807, 2.05) is 84.2 Å². The van der Waals surface area contributed by atoms with Crippen LogP contribution in [-0.4, -0.2) is 122 Å². The number of benzene rings is 3. The number of likely N-dealkylation sites (tertiary alicyclic amines) is 1. The maximum atomic E-state index is 14.5. The molecule has 0 aromatic heterocycles. The van der Waals surface area contributed by atoms with Gasteiger partial charge < -0.3 is 52.0 Å². The molecule has 8 amide bonds. The van der Waals surface area contributed by atoms with Crippen LogP contribution in [0, 0.1) is 32.6 Å². The van der Waals surface area contributed by atoms with Crippen molar-refractivity contribution in [2.45, 2.75) is 181 Å². The number of nitrogens with one attached hydrogen (secondary N) is 8. The number of aryl methyl sites for hydroxylation is 1. The van der Waals surface area contributed by atoms with Crippen molar-refractivity contribution in [1.29, 1.82) is 0 Å². The number of guanidine groups is 1. The molecule has 0 unspecified atom stereocenters. The fourth-order valence-corrected chi connectivity index (χ4v) is 11.7. The Bertz CT molecular complexity index is 2990. The zero-order chi connectivity index (χ0) is 62.1. The number of fused-ring (bicyclic) bond motifs is 1. The molecule has 12 N–H and O–H groups in total. The Morgan fingerprint density at radius 2 is 1.42 bits per heavy atom. The first-order chi connectivity index (χ1) is 39.6.